The van der Waals surface area contributed by atoms with Gasteiger partial charge in [-0.1, -0.05) is 40.0 Å². The summed E-state index contributed by atoms with van der Waals surface area (Å²) in [7, 11) is 0. The van der Waals surface area contributed by atoms with Crippen molar-refractivity contribution in [2.75, 3.05) is 46.2 Å². The van der Waals surface area contributed by atoms with Crippen molar-refractivity contribution in [1.29, 1.82) is 0 Å². The molecule has 0 fully saturated rings. The average Bonchev–Trinajstić information content (AvgIpc) is 2.67. The van der Waals surface area contributed by atoms with E-state index in [2.05, 4.69) is 20.8 Å². The summed E-state index contributed by atoms with van der Waals surface area (Å²) in [5.41, 5.74) is -3.12. The van der Waals surface area contributed by atoms with Crippen molar-refractivity contribution >= 4 is 0 Å². The van der Waals surface area contributed by atoms with Gasteiger partial charge in [0, 0.05) is 58.9 Å². The van der Waals surface area contributed by atoms with Crippen molar-refractivity contribution in [2.45, 2.75) is 89.8 Å². The van der Waals surface area contributed by atoms with E-state index in [1.165, 1.54) is 0 Å². The third-order valence-corrected chi connectivity index (χ3v) is 5.03. The Labute approximate surface area is 166 Å². The molecule has 1 unspecified atom stereocenters. The molecule has 6 heteroatoms. The Kier molecular flexibility index (Phi) is 16.5. The number of unbranched alkanes of at least 4 members (excludes halogenated alkanes) is 3. The van der Waals surface area contributed by atoms with Gasteiger partial charge in [0.05, 0.1) is 6.61 Å². The molecule has 6 nitrogen and oxygen atoms in total. The zero-order valence-electron chi connectivity index (χ0n) is 17.9. The third-order valence-electron chi connectivity index (χ3n) is 5.03. The van der Waals surface area contributed by atoms with E-state index in [1.54, 1.807) is 0 Å². The summed E-state index contributed by atoms with van der Waals surface area (Å²) in [5.74, 6) is 0. The van der Waals surface area contributed by atoms with Crippen LogP contribution >= 0.6 is 0 Å². The minimum Gasteiger partial charge on any atom is -0.393 e. The maximum atomic E-state index is 11.2. The maximum absolute atomic E-state index is 11.2. The molecule has 0 aliphatic heterocycles. The highest BCUT2D eigenvalue weighted by atomic mass is 16.5. The molecule has 0 rings (SSSR count). The predicted molar refractivity (Wildman–Crippen MR) is 108 cm³/mol. The first-order valence-electron chi connectivity index (χ1n) is 10.8. The van der Waals surface area contributed by atoms with Gasteiger partial charge in [-0.15, -0.1) is 0 Å². The van der Waals surface area contributed by atoms with Crippen molar-refractivity contribution in [2.24, 2.45) is 0 Å². The Balaban J connectivity index is 4.74. The quantitative estimate of drug-likeness (QED) is 0.276. The van der Waals surface area contributed by atoms with Crippen molar-refractivity contribution in [3.63, 3.8) is 0 Å². The van der Waals surface area contributed by atoms with Crippen LogP contribution in [0.4, 0.5) is 0 Å². The highest BCUT2D eigenvalue weighted by Crippen LogP contribution is 2.33. The molecule has 0 bridgehead atoms. The van der Waals surface area contributed by atoms with Crippen LogP contribution in [0.25, 0.3) is 0 Å². The van der Waals surface area contributed by atoms with E-state index in [-0.39, 0.29) is 19.3 Å². The van der Waals surface area contributed by atoms with E-state index in [0.29, 0.717) is 39.6 Å². The molecule has 0 saturated heterocycles. The molecule has 0 aromatic carbocycles. The van der Waals surface area contributed by atoms with Gasteiger partial charge in [0.1, 0.15) is 11.2 Å². The molecule has 0 radical (unpaired) electrons. The number of rotatable bonds is 20. The molecular weight excluding hydrogens is 348 g/mol. The highest BCUT2D eigenvalue weighted by molar-refractivity contribution is 4.99. The molecule has 0 saturated carbocycles. The van der Waals surface area contributed by atoms with Crippen molar-refractivity contribution in [3.8, 4) is 0 Å². The fourth-order valence-corrected chi connectivity index (χ4v) is 2.82. The molecule has 164 valence electrons. The molecule has 0 amide bonds. The second-order valence-electron chi connectivity index (χ2n) is 7.37. The van der Waals surface area contributed by atoms with Gasteiger partial charge in [0.15, 0.2) is 0 Å². The van der Waals surface area contributed by atoms with Crippen LogP contribution in [0.5, 0.6) is 0 Å². The first kappa shape index (κ1) is 26.8. The molecular formula is C21H44O6. The van der Waals surface area contributed by atoms with Crippen LogP contribution in [-0.4, -0.2) is 72.8 Å². The van der Waals surface area contributed by atoms with Crippen molar-refractivity contribution < 1.29 is 29.5 Å². The van der Waals surface area contributed by atoms with Gasteiger partial charge in [-0.05, 0) is 19.3 Å². The van der Waals surface area contributed by atoms with E-state index in [0.717, 1.165) is 38.5 Å². The first-order valence-corrected chi connectivity index (χ1v) is 10.8. The molecule has 27 heavy (non-hydrogen) atoms. The second-order valence-corrected chi connectivity index (χ2v) is 7.37. The summed E-state index contributed by atoms with van der Waals surface area (Å²) >= 11 is 0. The molecule has 0 aromatic rings. The maximum Gasteiger partial charge on any atom is 0.119 e. The van der Waals surface area contributed by atoms with Gasteiger partial charge in [-0.3, -0.25) is 0 Å². The molecule has 0 aromatic heterocycles. The SMILES string of the molecule is CCCCOCCC(O)(CO)C(O)(CCOCCCC)CCOCCCC. The lowest BCUT2D eigenvalue weighted by molar-refractivity contribution is -0.197. The summed E-state index contributed by atoms with van der Waals surface area (Å²) in [6, 6.07) is 0. The molecule has 1 atom stereocenters. The van der Waals surface area contributed by atoms with Crippen LogP contribution in [0.15, 0.2) is 0 Å². The fourth-order valence-electron chi connectivity index (χ4n) is 2.82. The molecule has 0 heterocycles. The third kappa shape index (κ3) is 11.4. The monoisotopic (exact) mass is 392 g/mol. The van der Waals surface area contributed by atoms with Crippen LogP contribution in [-0.2, 0) is 14.2 Å². The lowest BCUT2D eigenvalue weighted by Crippen LogP contribution is -2.58. The Morgan fingerprint density at radius 2 is 0.889 bits per heavy atom. The Morgan fingerprint density at radius 1 is 0.556 bits per heavy atom. The zero-order chi connectivity index (χ0) is 20.4. The number of ether oxygens (including phenoxy) is 3. The standard InChI is InChI=1S/C21H44O6/c1-4-7-13-25-16-10-20(23,11-17-26-14-8-5-2)21(24,19-22)12-18-27-15-9-6-3/h22-24H,4-19H2,1-3H3. The van der Waals surface area contributed by atoms with Gasteiger partial charge < -0.3 is 29.5 Å². The highest BCUT2D eigenvalue weighted by Gasteiger charge is 2.48. The van der Waals surface area contributed by atoms with Gasteiger partial charge in [0.2, 0.25) is 0 Å². The minimum absolute atomic E-state index is 0.174. The van der Waals surface area contributed by atoms with Crippen LogP contribution in [0.2, 0.25) is 0 Å². The van der Waals surface area contributed by atoms with Gasteiger partial charge >= 0.3 is 0 Å². The van der Waals surface area contributed by atoms with Crippen LogP contribution in [0, 0.1) is 0 Å². The Hall–Kier alpha value is -0.240. The van der Waals surface area contributed by atoms with E-state index in [4.69, 9.17) is 14.2 Å². The zero-order valence-corrected chi connectivity index (χ0v) is 17.9. The van der Waals surface area contributed by atoms with Crippen LogP contribution < -0.4 is 0 Å². The minimum atomic E-state index is -1.64. The van der Waals surface area contributed by atoms with Crippen LogP contribution in [0.3, 0.4) is 0 Å². The van der Waals surface area contributed by atoms with Gasteiger partial charge in [-0.25, -0.2) is 0 Å². The average molecular weight is 393 g/mol. The Morgan fingerprint density at radius 3 is 1.19 bits per heavy atom. The summed E-state index contributed by atoms with van der Waals surface area (Å²) in [5, 5.41) is 32.1. The topological polar surface area (TPSA) is 88.4 Å². The molecule has 0 aliphatic carbocycles. The van der Waals surface area contributed by atoms with E-state index >= 15 is 0 Å². The first-order chi connectivity index (χ1) is 13.0. The lowest BCUT2D eigenvalue weighted by Gasteiger charge is -2.43. The van der Waals surface area contributed by atoms with Gasteiger partial charge in [-0.2, -0.15) is 0 Å². The van der Waals surface area contributed by atoms with Crippen molar-refractivity contribution in [3.05, 3.63) is 0 Å². The summed E-state index contributed by atoms with van der Waals surface area (Å²) < 4.78 is 16.7. The number of aliphatic hydroxyl groups excluding tert-OH is 1. The summed E-state index contributed by atoms with van der Waals surface area (Å²) in [4.78, 5) is 0. The molecule has 0 aliphatic rings. The number of hydrogen-bond acceptors (Lipinski definition) is 6. The van der Waals surface area contributed by atoms with Crippen LogP contribution in [0.1, 0.15) is 78.6 Å². The van der Waals surface area contributed by atoms with E-state index in [9.17, 15) is 15.3 Å². The lowest BCUT2D eigenvalue weighted by atomic mass is 9.76. The summed E-state index contributed by atoms with van der Waals surface area (Å²) in [6.07, 6.45) is 6.70. The Bertz CT molecular complexity index is 312. The van der Waals surface area contributed by atoms with Gasteiger partial charge in [0.25, 0.3) is 0 Å². The van der Waals surface area contributed by atoms with E-state index < -0.39 is 17.8 Å². The number of hydrogen-bond donors (Lipinski definition) is 3. The van der Waals surface area contributed by atoms with Crippen molar-refractivity contribution in [1.82, 2.24) is 0 Å². The largest absolute Gasteiger partial charge is 0.393 e. The predicted octanol–water partition coefficient (Wildman–Crippen LogP) is 3.06. The van der Waals surface area contributed by atoms with E-state index in [1.807, 2.05) is 0 Å². The normalized spacial score (nSPS) is 14.4. The fraction of sp³-hybridized carbons (Fsp3) is 1.00. The smallest absolute Gasteiger partial charge is 0.119 e. The molecule has 3 N–H and O–H groups in total. The number of aliphatic hydroxyl groups is 3. The second kappa shape index (κ2) is 16.7. The molecule has 0 spiro atoms. The summed E-state index contributed by atoms with van der Waals surface area (Å²) in [6.45, 7) is 8.62.